The highest BCUT2D eigenvalue weighted by molar-refractivity contribution is 5.89. The second-order valence-electron chi connectivity index (χ2n) is 4.73. The normalized spacial score (nSPS) is 13.9. The maximum Gasteiger partial charge on any atom is 0.303 e. The van der Waals surface area contributed by atoms with E-state index >= 15 is 0 Å². The Balaban J connectivity index is 4.02. The first-order valence-electron chi connectivity index (χ1n) is 7.31. The summed E-state index contributed by atoms with van der Waals surface area (Å²) in [6, 6.07) is -0.767. The fourth-order valence-electron chi connectivity index (χ4n) is 1.85. The van der Waals surface area contributed by atoms with Gasteiger partial charge in [0.2, 0.25) is 0 Å². The number of rotatable bonds is 14. The molecule has 0 aromatic rings. The van der Waals surface area contributed by atoms with Crippen molar-refractivity contribution >= 4 is 11.8 Å². The fourth-order valence-corrected chi connectivity index (χ4v) is 1.85. The Morgan fingerprint density at radius 2 is 1.90 bits per heavy atom. The number of likely N-dealkylation sites (N-methyl/N-ethyl adjacent to an activating group) is 1. The smallest absolute Gasteiger partial charge is 0.303 e. The summed E-state index contributed by atoms with van der Waals surface area (Å²) >= 11 is 0. The molecule has 0 aliphatic rings. The Hall–Kier alpha value is -1.02. The van der Waals surface area contributed by atoms with E-state index < -0.39 is 12.0 Å². The van der Waals surface area contributed by atoms with Gasteiger partial charge in [-0.25, -0.2) is 0 Å². The maximum absolute atomic E-state index is 12.2. The number of ketones is 1. The van der Waals surface area contributed by atoms with Crippen LogP contribution in [0.2, 0.25) is 0 Å². The molecule has 7 nitrogen and oxygen atoms in total. The number of hydrogen-bond acceptors (Lipinski definition) is 6. The predicted octanol–water partition coefficient (Wildman–Crippen LogP) is 0.0395. The van der Waals surface area contributed by atoms with Crippen LogP contribution in [0.25, 0.3) is 0 Å². The highest BCUT2D eigenvalue weighted by Gasteiger charge is 2.23. The number of carbonyl (C=O) groups is 2. The third kappa shape index (κ3) is 10.4. The van der Waals surface area contributed by atoms with E-state index in [0.29, 0.717) is 39.3 Å². The molecule has 0 bridgehead atoms. The van der Waals surface area contributed by atoms with E-state index in [1.54, 1.807) is 14.0 Å². The number of carboxylic acids is 1. The van der Waals surface area contributed by atoms with Gasteiger partial charge >= 0.3 is 5.97 Å². The lowest BCUT2D eigenvalue weighted by atomic mass is 10.0. The van der Waals surface area contributed by atoms with Gasteiger partial charge in [-0.15, -0.1) is 0 Å². The lowest BCUT2D eigenvalue weighted by Crippen LogP contribution is -2.47. The molecule has 2 unspecified atom stereocenters. The van der Waals surface area contributed by atoms with E-state index in [1.165, 1.54) is 0 Å². The molecule has 0 aliphatic carbocycles. The lowest BCUT2D eigenvalue weighted by Gasteiger charge is -2.21. The number of nitrogens with one attached hydrogen (secondary N) is 2. The summed E-state index contributed by atoms with van der Waals surface area (Å²) in [6.45, 7) is 6.44. The number of methoxy groups -OCH3 is 1. The van der Waals surface area contributed by atoms with E-state index in [2.05, 4.69) is 10.6 Å². The molecule has 0 aromatic heterocycles. The van der Waals surface area contributed by atoms with Crippen LogP contribution in [0.15, 0.2) is 0 Å². The number of Topliss-reactive ketones (excluding diaryl/α,β-unsaturated/α-hetero) is 1. The van der Waals surface area contributed by atoms with Gasteiger partial charge in [-0.05, 0) is 19.9 Å². The maximum atomic E-state index is 12.2. The SMILES string of the molecule is CCNC(CCC(=O)O)C(=O)C(C)NCCOCCOC. The van der Waals surface area contributed by atoms with Crippen LogP contribution >= 0.6 is 0 Å². The standard InChI is InChI=1S/C14H28N2O5/c1-4-15-12(5-6-13(17)18)14(19)11(2)16-7-8-21-10-9-20-3/h11-12,15-16H,4-10H2,1-3H3,(H,17,18). The van der Waals surface area contributed by atoms with Crippen LogP contribution in [0, 0.1) is 0 Å². The van der Waals surface area contributed by atoms with Crippen molar-refractivity contribution in [1.82, 2.24) is 10.6 Å². The predicted molar refractivity (Wildman–Crippen MR) is 79.5 cm³/mol. The average Bonchev–Trinajstić information content (AvgIpc) is 2.45. The first-order valence-corrected chi connectivity index (χ1v) is 7.31. The van der Waals surface area contributed by atoms with Crippen LogP contribution in [0.3, 0.4) is 0 Å². The van der Waals surface area contributed by atoms with E-state index in [9.17, 15) is 9.59 Å². The molecule has 0 aliphatic heterocycles. The fraction of sp³-hybridized carbons (Fsp3) is 0.857. The lowest BCUT2D eigenvalue weighted by molar-refractivity contribution is -0.137. The molecule has 21 heavy (non-hydrogen) atoms. The van der Waals surface area contributed by atoms with Crippen molar-refractivity contribution < 1.29 is 24.2 Å². The summed E-state index contributed by atoms with van der Waals surface area (Å²) in [5, 5.41) is 14.8. The minimum absolute atomic E-state index is 0.0176. The van der Waals surface area contributed by atoms with Gasteiger partial charge in [-0.2, -0.15) is 0 Å². The quantitative estimate of drug-likeness (QED) is 0.390. The Labute approximate surface area is 126 Å². The monoisotopic (exact) mass is 304 g/mol. The van der Waals surface area contributed by atoms with Gasteiger partial charge in [-0.3, -0.25) is 9.59 Å². The molecule has 0 saturated carbocycles. The van der Waals surface area contributed by atoms with E-state index in [0.717, 1.165) is 0 Å². The van der Waals surface area contributed by atoms with Crippen molar-refractivity contribution in [3.8, 4) is 0 Å². The molecular formula is C14H28N2O5. The van der Waals surface area contributed by atoms with Crippen LogP contribution in [0.4, 0.5) is 0 Å². The minimum atomic E-state index is -0.891. The molecule has 0 aromatic carbocycles. The topological polar surface area (TPSA) is 96.9 Å². The second-order valence-corrected chi connectivity index (χ2v) is 4.73. The van der Waals surface area contributed by atoms with Gasteiger partial charge < -0.3 is 25.2 Å². The molecule has 0 amide bonds. The molecule has 2 atom stereocenters. The van der Waals surface area contributed by atoms with Crippen LogP contribution < -0.4 is 10.6 Å². The second kappa shape index (κ2) is 12.7. The Morgan fingerprint density at radius 1 is 1.19 bits per heavy atom. The van der Waals surface area contributed by atoms with Crippen molar-refractivity contribution in [1.29, 1.82) is 0 Å². The zero-order chi connectivity index (χ0) is 16.1. The average molecular weight is 304 g/mol. The summed E-state index contributed by atoms with van der Waals surface area (Å²) in [4.78, 5) is 22.8. The van der Waals surface area contributed by atoms with Crippen LogP contribution in [0.1, 0.15) is 26.7 Å². The summed E-state index contributed by atoms with van der Waals surface area (Å²) in [6.07, 6.45) is 0.286. The van der Waals surface area contributed by atoms with Gasteiger partial charge in [-0.1, -0.05) is 6.92 Å². The number of carbonyl (C=O) groups excluding carboxylic acids is 1. The first kappa shape index (κ1) is 20.0. The molecule has 3 N–H and O–H groups in total. The van der Waals surface area contributed by atoms with Gasteiger partial charge in [0, 0.05) is 20.1 Å². The minimum Gasteiger partial charge on any atom is -0.481 e. The summed E-state index contributed by atoms with van der Waals surface area (Å²) in [5.41, 5.74) is 0. The van der Waals surface area contributed by atoms with Crippen LogP contribution in [-0.2, 0) is 19.1 Å². The van der Waals surface area contributed by atoms with Gasteiger partial charge in [0.15, 0.2) is 5.78 Å². The van der Waals surface area contributed by atoms with Gasteiger partial charge in [0.1, 0.15) is 0 Å². The first-order chi connectivity index (χ1) is 10.0. The highest BCUT2D eigenvalue weighted by Crippen LogP contribution is 2.02. The molecular weight excluding hydrogens is 276 g/mol. The van der Waals surface area contributed by atoms with E-state index in [-0.39, 0.29) is 18.2 Å². The summed E-state index contributed by atoms with van der Waals surface area (Å²) in [7, 11) is 1.61. The Kier molecular flexibility index (Phi) is 12.1. The zero-order valence-electron chi connectivity index (χ0n) is 13.2. The van der Waals surface area contributed by atoms with Gasteiger partial charge in [0.05, 0.1) is 31.9 Å². The third-order valence-corrected chi connectivity index (χ3v) is 3.00. The highest BCUT2D eigenvalue weighted by atomic mass is 16.5. The third-order valence-electron chi connectivity index (χ3n) is 3.00. The summed E-state index contributed by atoms with van der Waals surface area (Å²) in [5.74, 6) is -0.909. The number of hydrogen-bond donors (Lipinski definition) is 3. The molecule has 0 radical (unpaired) electrons. The Morgan fingerprint density at radius 3 is 2.48 bits per heavy atom. The summed E-state index contributed by atoms with van der Waals surface area (Å²) < 4.78 is 10.2. The van der Waals surface area contributed by atoms with Crippen molar-refractivity contribution in [2.24, 2.45) is 0 Å². The molecule has 0 saturated heterocycles. The van der Waals surface area contributed by atoms with E-state index in [4.69, 9.17) is 14.6 Å². The van der Waals surface area contributed by atoms with Crippen LogP contribution in [0.5, 0.6) is 0 Å². The van der Waals surface area contributed by atoms with Crippen molar-refractivity contribution in [3.63, 3.8) is 0 Å². The van der Waals surface area contributed by atoms with Gasteiger partial charge in [0.25, 0.3) is 0 Å². The molecule has 0 fully saturated rings. The molecule has 0 rings (SSSR count). The molecule has 0 spiro atoms. The zero-order valence-corrected chi connectivity index (χ0v) is 13.2. The van der Waals surface area contributed by atoms with E-state index in [1.807, 2.05) is 6.92 Å². The largest absolute Gasteiger partial charge is 0.481 e. The molecule has 124 valence electrons. The molecule has 7 heteroatoms. The van der Waals surface area contributed by atoms with Crippen molar-refractivity contribution in [2.75, 3.05) is 40.0 Å². The van der Waals surface area contributed by atoms with Crippen molar-refractivity contribution in [2.45, 2.75) is 38.8 Å². The Bertz CT molecular complexity index is 299. The number of aliphatic carboxylic acids is 1. The van der Waals surface area contributed by atoms with Crippen molar-refractivity contribution in [3.05, 3.63) is 0 Å². The number of carboxylic acid groups (broad SMARTS) is 1. The number of ether oxygens (including phenoxy) is 2. The molecule has 0 heterocycles. The van der Waals surface area contributed by atoms with Crippen LogP contribution in [-0.4, -0.2) is 69.0 Å².